The summed E-state index contributed by atoms with van der Waals surface area (Å²) in [5.74, 6) is -3.52. The molecular formula is C14H14F2N4O5S. The number of anilines is 1. The zero-order valence-corrected chi connectivity index (χ0v) is 14.6. The summed E-state index contributed by atoms with van der Waals surface area (Å²) in [4.78, 5) is 15.8. The number of hydrogen-bond acceptors (Lipinski definition) is 7. The van der Waals surface area contributed by atoms with Gasteiger partial charge >= 0.3 is 5.97 Å². The van der Waals surface area contributed by atoms with E-state index in [-0.39, 0.29) is 11.7 Å². The summed E-state index contributed by atoms with van der Waals surface area (Å²) in [6.45, 7) is 1.45. The number of benzene rings is 1. The van der Waals surface area contributed by atoms with E-state index in [1.807, 2.05) is 0 Å². The number of nitrogens with zero attached hydrogens (tertiary/aromatic N) is 2. The molecule has 0 aliphatic heterocycles. The molecule has 0 saturated heterocycles. The minimum atomic E-state index is -4.65. The number of aromatic amines is 1. The third-order valence-electron chi connectivity index (χ3n) is 3.12. The molecule has 2 aromatic rings. The Morgan fingerprint density at radius 2 is 1.85 bits per heavy atom. The van der Waals surface area contributed by atoms with Gasteiger partial charge in [0, 0.05) is 6.92 Å². The lowest BCUT2D eigenvalue weighted by molar-refractivity contribution is 0.0597. The molecule has 2 N–H and O–H groups in total. The minimum absolute atomic E-state index is 0.0934. The van der Waals surface area contributed by atoms with E-state index in [1.165, 1.54) is 14.0 Å². The fraction of sp³-hybridized carbons (Fsp3) is 0.214. The van der Waals surface area contributed by atoms with Crippen LogP contribution in [0.3, 0.4) is 0 Å². The molecule has 0 radical (unpaired) electrons. The Kier molecular flexibility index (Phi) is 5.55. The van der Waals surface area contributed by atoms with E-state index in [1.54, 1.807) is 4.72 Å². The minimum Gasteiger partial charge on any atom is -0.484 e. The van der Waals surface area contributed by atoms with Gasteiger partial charge in [-0.1, -0.05) is 6.07 Å². The van der Waals surface area contributed by atoms with Crippen molar-refractivity contribution >= 4 is 33.4 Å². The Balaban J connectivity index is 2.58. The van der Waals surface area contributed by atoms with Crippen LogP contribution < -0.4 is 4.72 Å². The van der Waals surface area contributed by atoms with Gasteiger partial charge in [-0.15, -0.1) is 0 Å². The fourth-order valence-electron chi connectivity index (χ4n) is 1.86. The van der Waals surface area contributed by atoms with Gasteiger partial charge in [-0.25, -0.2) is 13.6 Å². The molecule has 0 saturated carbocycles. The standard InChI is InChI=1S/C14H14F2N4O5S/c1-7(24-2)17-12-10(14(21)25-3)13(19-18-12)26(22,23)20-11-8(15)5-4-6-9(11)16/h4-6,20H,1-3H3,(H,18,19)/b17-7+. The van der Waals surface area contributed by atoms with Crippen molar-refractivity contribution in [3.05, 3.63) is 35.4 Å². The van der Waals surface area contributed by atoms with E-state index in [0.717, 1.165) is 25.3 Å². The number of halogens is 2. The Hall–Kier alpha value is -3.02. The second-order valence-corrected chi connectivity index (χ2v) is 6.38. The predicted molar refractivity (Wildman–Crippen MR) is 86.9 cm³/mol. The van der Waals surface area contributed by atoms with Crippen molar-refractivity contribution in [3.63, 3.8) is 0 Å². The topological polar surface area (TPSA) is 123 Å². The zero-order valence-electron chi connectivity index (χ0n) is 13.8. The molecule has 26 heavy (non-hydrogen) atoms. The summed E-state index contributed by atoms with van der Waals surface area (Å²) < 4.78 is 63.5. The summed E-state index contributed by atoms with van der Waals surface area (Å²) >= 11 is 0. The summed E-state index contributed by atoms with van der Waals surface area (Å²) in [6, 6.07) is 2.80. The Morgan fingerprint density at radius 3 is 2.38 bits per heavy atom. The molecule has 0 atom stereocenters. The maximum Gasteiger partial charge on any atom is 0.344 e. The molecule has 0 aliphatic carbocycles. The van der Waals surface area contributed by atoms with Crippen LogP contribution in [0.2, 0.25) is 0 Å². The van der Waals surface area contributed by atoms with E-state index in [9.17, 15) is 22.0 Å². The monoisotopic (exact) mass is 388 g/mol. The van der Waals surface area contributed by atoms with Crippen molar-refractivity contribution in [3.8, 4) is 0 Å². The summed E-state index contributed by atoms with van der Waals surface area (Å²) in [5.41, 5.74) is -1.46. The number of rotatable bonds is 5. The molecule has 1 heterocycles. The van der Waals surface area contributed by atoms with Gasteiger partial charge in [0.2, 0.25) is 5.03 Å². The number of para-hydroxylation sites is 1. The van der Waals surface area contributed by atoms with Gasteiger partial charge in [0.25, 0.3) is 10.0 Å². The number of carbonyl (C=O) groups excluding carboxylic acids is 1. The van der Waals surface area contributed by atoms with Gasteiger partial charge in [0.15, 0.2) is 11.7 Å². The van der Waals surface area contributed by atoms with Crippen LogP contribution in [0, 0.1) is 11.6 Å². The maximum absolute atomic E-state index is 13.7. The highest BCUT2D eigenvalue weighted by atomic mass is 32.2. The number of methoxy groups -OCH3 is 2. The number of aliphatic imine (C=N–C) groups is 1. The van der Waals surface area contributed by atoms with E-state index in [2.05, 4.69) is 19.9 Å². The quantitative estimate of drug-likeness (QED) is 0.459. The van der Waals surface area contributed by atoms with Crippen LogP contribution in [-0.4, -0.2) is 44.7 Å². The second kappa shape index (κ2) is 7.47. The summed E-state index contributed by atoms with van der Waals surface area (Å²) in [6.07, 6.45) is 0. The van der Waals surface area contributed by atoms with Gasteiger partial charge in [0.05, 0.1) is 14.2 Å². The van der Waals surface area contributed by atoms with Crippen LogP contribution in [0.15, 0.2) is 28.2 Å². The van der Waals surface area contributed by atoms with Gasteiger partial charge in [-0.05, 0) is 12.1 Å². The van der Waals surface area contributed by atoms with Crippen molar-refractivity contribution in [2.45, 2.75) is 11.9 Å². The van der Waals surface area contributed by atoms with Gasteiger partial charge < -0.3 is 9.47 Å². The smallest absolute Gasteiger partial charge is 0.344 e. The molecule has 0 spiro atoms. The van der Waals surface area contributed by atoms with Crippen LogP contribution in [-0.2, 0) is 19.5 Å². The average Bonchev–Trinajstić information content (AvgIpc) is 3.02. The highest BCUT2D eigenvalue weighted by molar-refractivity contribution is 7.92. The fourth-order valence-corrected chi connectivity index (χ4v) is 3.03. The molecule has 2 rings (SSSR count). The molecule has 0 aliphatic rings. The molecule has 0 amide bonds. The molecule has 1 aromatic carbocycles. The average molecular weight is 388 g/mol. The molecule has 0 bridgehead atoms. The lowest BCUT2D eigenvalue weighted by Crippen LogP contribution is -2.19. The molecule has 9 nitrogen and oxygen atoms in total. The van der Waals surface area contributed by atoms with Crippen molar-refractivity contribution in [1.29, 1.82) is 0 Å². The number of ether oxygens (including phenoxy) is 2. The molecule has 140 valence electrons. The number of aromatic nitrogens is 2. The van der Waals surface area contributed by atoms with Gasteiger partial charge in [-0.2, -0.15) is 18.5 Å². The van der Waals surface area contributed by atoms with E-state index in [0.29, 0.717) is 0 Å². The number of nitrogens with one attached hydrogen (secondary N) is 2. The van der Waals surface area contributed by atoms with Crippen LogP contribution in [0.5, 0.6) is 0 Å². The summed E-state index contributed by atoms with van der Waals surface area (Å²) in [5, 5.41) is 4.93. The highest BCUT2D eigenvalue weighted by Crippen LogP contribution is 2.28. The van der Waals surface area contributed by atoms with Crippen molar-refractivity contribution in [2.75, 3.05) is 18.9 Å². The number of H-pyrrole nitrogens is 1. The molecular weight excluding hydrogens is 374 g/mol. The molecule has 12 heteroatoms. The number of hydrogen-bond donors (Lipinski definition) is 2. The second-order valence-electron chi connectivity index (χ2n) is 4.78. The van der Waals surface area contributed by atoms with E-state index < -0.39 is 43.9 Å². The van der Waals surface area contributed by atoms with Crippen LogP contribution in [0.25, 0.3) is 0 Å². The highest BCUT2D eigenvalue weighted by Gasteiger charge is 2.32. The van der Waals surface area contributed by atoms with Crippen LogP contribution in [0.4, 0.5) is 20.3 Å². The first-order valence-electron chi connectivity index (χ1n) is 6.94. The van der Waals surface area contributed by atoms with Crippen molar-refractivity contribution in [2.24, 2.45) is 4.99 Å². The largest absolute Gasteiger partial charge is 0.484 e. The van der Waals surface area contributed by atoms with Gasteiger partial charge in [-0.3, -0.25) is 9.82 Å². The SMILES string of the molecule is COC(=O)c1c(S(=O)(=O)Nc2c(F)cccc2F)n[nH]c1/N=C(\C)OC. The molecule has 0 unspecified atom stereocenters. The molecule has 1 aromatic heterocycles. The van der Waals surface area contributed by atoms with Crippen LogP contribution >= 0.6 is 0 Å². The van der Waals surface area contributed by atoms with Crippen molar-refractivity contribution in [1.82, 2.24) is 10.2 Å². The third-order valence-corrected chi connectivity index (χ3v) is 4.40. The van der Waals surface area contributed by atoms with Crippen LogP contribution in [0.1, 0.15) is 17.3 Å². The Labute approximate surface area is 147 Å². The molecule has 0 fully saturated rings. The number of esters is 1. The van der Waals surface area contributed by atoms with E-state index in [4.69, 9.17) is 4.74 Å². The lowest BCUT2D eigenvalue weighted by Gasteiger charge is -2.09. The predicted octanol–water partition coefficient (Wildman–Crippen LogP) is 1.97. The first-order valence-corrected chi connectivity index (χ1v) is 8.42. The van der Waals surface area contributed by atoms with Gasteiger partial charge in [0.1, 0.15) is 22.9 Å². The maximum atomic E-state index is 13.7. The number of sulfonamides is 1. The van der Waals surface area contributed by atoms with E-state index >= 15 is 0 Å². The third kappa shape index (κ3) is 3.79. The first-order chi connectivity index (χ1) is 12.2. The Morgan fingerprint density at radius 1 is 1.23 bits per heavy atom. The Bertz CT molecular complexity index is 951. The summed E-state index contributed by atoms with van der Waals surface area (Å²) in [7, 11) is -2.32. The lowest BCUT2D eigenvalue weighted by atomic mass is 10.3. The normalized spacial score (nSPS) is 12.0. The zero-order chi connectivity index (χ0) is 19.5. The van der Waals surface area contributed by atoms with Crippen molar-refractivity contribution < 1.29 is 31.5 Å². The first kappa shape index (κ1) is 19.3. The number of carbonyl (C=O) groups is 1.